The minimum Gasteiger partial charge on any atom is -0.345 e. The Kier molecular flexibility index (Phi) is 6.87. The van der Waals surface area contributed by atoms with Gasteiger partial charge in [0.05, 0.1) is 10.6 Å². The number of carbonyl (C=O) groups is 2. The molecule has 118 valence electrons. The van der Waals surface area contributed by atoms with Gasteiger partial charge in [-0.15, -0.1) is 0 Å². The van der Waals surface area contributed by atoms with E-state index in [-0.39, 0.29) is 11.1 Å². The Morgan fingerprint density at radius 3 is 2.45 bits per heavy atom. The highest BCUT2D eigenvalue weighted by Gasteiger charge is 2.16. The lowest BCUT2D eigenvalue weighted by atomic mass is 10.0. The standard InChI is InChI=1S/C16H20ClN3O2/c1-10(2)4-5-11(3)19-15(21)16(22)20-13-7-6-12(9-18)14(17)8-13/h6-8,10-11H,4-5H2,1-3H3,(H,19,21)(H,20,22). The number of nitrogens with zero attached hydrogens (tertiary/aromatic N) is 1. The second-order valence-electron chi connectivity index (χ2n) is 5.61. The fourth-order valence-corrected chi connectivity index (χ4v) is 2.04. The van der Waals surface area contributed by atoms with Gasteiger partial charge >= 0.3 is 11.8 Å². The average Bonchev–Trinajstić information content (AvgIpc) is 2.45. The van der Waals surface area contributed by atoms with E-state index in [2.05, 4.69) is 24.5 Å². The van der Waals surface area contributed by atoms with Crippen molar-refractivity contribution in [2.45, 2.75) is 39.7 Å². The fraction of sp³-hybridized carbons (Fsp3) is 0.438. The lowest BCUT2D eigenvalue weighted by Crippen LogP contribution is -2.40. The van der Waals surface area contributed by atoms with Gasteiger partial charge in [-0.2, -0.15) is 5.26 Å². The van der Waals surface area contributed by atoms with Crippen LogP contribution in [0.2, 0.25) is 5.02 Å². The Balaban J connectivity index is 2.56. The molecule has 0 fully saturated rings. The van der Waals surface area contributed by atoms with Gasteiger partial charge in [-0.1, -0.05) is 25.4 Å². The Hall–Kier alpha value is -2.06. The van der Waals surface area contributed by atoms with Crippen molar-refractivity contribution in [1.29, 1.82) is 5.26 Å². The maximum atomic E-state index is 11.8. The van der Waals surface area contributed by atoms with Crippen LogP contribution in [0.5, 0.6) is 0 Å². The van der Waals surface area contributed by atoms with Crippen LogP contribution in [0.1, 0.15) is 39.2 Å². The number of halogens is 1. The smallest absolute Gasteiger partial charge is 0.313 e. The molecule has 0 heterocycles. The lowest BCUT2D eigenvalue weighted by Gasteiger charge is -2.14. The zero-order valence-corrected chi connectivity index (χ0v) is 13.7. The molecule has 5 nitrogen and oxygen atoms in total. The molecule has 0 aliphatic carbocycles. The summed E-state index contributed by atoms with van der Waals surface area (Å²) in [4.78, 5) is 23.6. The summed E-state index contributed by atoms with van der Waals surface area (Å²) in [5, 5.41) is 14.1. The van der Waals surface area contributed by atoms with Crippen molar-refractivity contribution in [1.82, 2.24) is 5.32 Å². The molecular weight excluding hydrogens is 302 g/mol. The number of amides is 2. The Morgan fingerprint density at radius 2 is 1.91 bits per heavy atom. The van der Waals surface area contributed by atoms with E-state index >= 15 is 0 Å². The van der Waals surface area contributed by atoms with Gasteiger partial charge in [0.25, 0.3) is 0 Å². The van der Waals surface area contributed by atoms with Crippen LogP contribution < -0.4 is 10.6 Å². The molecule has 1 aromatic rings. The normalized spacial score (nSPS) is 11.6. The average molecular weight is 322 g/mol. The molecule has 1 aromatic carbocycles. The molecule has 0 saturated heterocycles. The number of nitrogens with one attached hydrogen (secondary N) is 2. The van der Waals surface area contributed by atoms with Gasteiger partial charge in [0, 0.05) is 11.7 Å². The number of carbonyl (C=O) groups excluding carboxylic acids is 2. The largest absolute Gasteiger partial charge is 0.345 e. The van der Waals surface area contributed by atoms with Crippen LogP contribution in [0.15, 0.2) is 18.2 Å². The van der Waals surface area contributed by atoms with Crippen molar-refractivity contribution >= 4 is 29.1 Å². The molecule has 1 rings (SSSR count). The molecule has 0 aliphatic rings. The van der Waals surface area contributed by atoms with Gasteiger partial charge in [0.15, 0.2) is 0 Å². The molecule has 1 unspecified atom stereocenters. The molecule has 0 bridgehead atoms. The molecule has 0 aromatic heterocycles. The van der Waals surface area contributed by atoms with Crippen molar-refractivity contribution in [2.75, 3.05) is 5.32 Å². The maximum absolute atomic E-state index is 11.8. The van der Waals surface area contributed by atoms with E-state index in [4.69, 9.17) is 16.9 Å². The number of nitriles is 1. The number of hydrogen-bond donors (Lipinski definition) is 2. The number of anilines is 1. The van der Waals surface area contributed by atoms with Gasteiger partial charge in [-0.25, -0.2) is 0 Å². The van der Waals surface area contributed by atoms with Crippen molar-refractivity contribution < 1.29 is 9.59 Å². The molecule has 0 aliphatic heterocycles. The first-order valence-corrected chi connectivity index (χ1v) is 7.52. The van der Waals surface area contributed by atoms with E-state index in [0.29, 0.717) is 17.2 Å². The summed E-state index contributed by atoms with van der Waals surface area (Å²) in [7, 11) is 0. The predicted molar refractivity (Wildman–Crippen MR) is 86.5 cm³/mol. The van der Waals surface area contributed by atoms with E-state index in [9.17, 15) is 9.59 Å². The van der Waals surface area contributed by atoms with E-state index in [1.165, 1.54) is 18.2 Å². The molecule has 1 atom stereocenters. The van der Waals surface area contributed by atoms with Crippen LogP contribution in [0, 0.1) is 17.2 Å². The highest BCUT2D eigenvalue weighted by molar-refractivity contribution is 6.40. The fourth-order valence-electron chi connectivity index (χ4n) is 1.82. The third-order valence-corrected chi connectivity index (χ3v) is 3.42. The zero-order valence-electron chi connectivity index (χ0n) is 12.9. The van der Waals surface area contributed by atoms with Gasteiger partial charge in [0.1, 0.15) is 6.07 Å². The first kappa shape index (κ1) is 18.0. The molecule has 0 radical (unpaired) electrons. The summed E-state index contributed by atoms with van der Waals surface area (Å²) in [5.74, 6) is -0.886. The maximum Gasteiger partial charge on any atom is 0.313 e. The first-order valence-electron chi connectivity index (χ1n) is 7.15. The van der Waals surface area contributed by atoms with Crippen LogP contribution >= 0.6 is 11.6 Å². The molecule has 0 spiro atoms. The second-order valence-corrected chi connectivity index (χ2v) is 6.01. The minimum absolute atomic E-state index is 0.0646. The highest BCUT2D eigenvalue weighted by Crippen LogP contribution is 2.20. The Morgan fingerprint density at radius 1 is 1.23 bits per heavy atom. The van der Waals surface area contributed by atoms with Crippen molar-refractivity contribution in [3.63, 3.8) is 0 Å². The summed E-state index contributed by atoms with van der Waals surface area (Å²) in [6.45, 7) is 6.08. The van der Waals surface area contributed by atoms with Crippen molar-refractivity contribution in [3.8, 4) is 6.07 Å². The quantitative estimate of drug-likeness (QED) is 0.817. The van der Waals surface area contributed by atoms with Crippen LogP contribution in [0.25, 0.3) is 0 Å². The van der Waals surface area contributed by atoms with Crippen LogP contribution in [-0.2, 0) is 9.59 Å². The Labute approximate surface area is 135 Å². The minimum atomic E-state index is -0.753. The Bertz CT molecular complexity index is 594. The molecule has 0 saturated carbocycles. The van der Waals surface area contributed by atoms with E-state index in [1.54, 1.807) is 0 Å². The summed E-state index contributed by atoms with van der Waals surface area (Å²) in [6.07, 6.45) is 1.80. The van der Waals surface area contributed by atoms with Gasteiger partial charge < -0.3 is 10.6 Å². The summed E-state index contributed by atoms with van der Waals surface area (Å²) in [5.41, 5.74) is 0.686. The summed E-state index contributed by atoms with van der Waals surface area (Å²) in [6, 6.07) is 6.31. The van der Waals surface area contributed by atoms with Gasteiger partial charge in [-0.3, -0.25) is 9.59 Å². The third kappa shape index (κ3) is 5.74. The lowest BCUT2D eigenvalue weighted by molar-refractivity contribution is -0.136. The zero-order chi connectivity index (χ0) is 16.7. The molecule has 2 amide bonds. The number of rotatable bonds is 5. The SMILES string of the molecule is CC(C)CCC(C)NC(=O)C(=O)Nc1ccc(C#N)c(Cl)c1. The van der Waals surface area contributed by atoms with Crippen LogP contribution in [-0.4, -0.2) is 17.9 Å². The van der Waals surface area contributed by atoms with Crippen molar-refractivity contribution in [3.05, 3.63) is 28.8 Å². The van der Waals surface area contributed by atoms with E-state index in [1.807, 2.05) is 13.0 Å². The van der Waals surface area contributed by atoms with Gasteiger partial charge in [-0.05, 0) is 43.9 Å². The van der Waals surface area contributed by atoms with E-state index < -0.39 is 11.8 Å². The van der Waals surface area contributed by atoms with Gasteiger partial charge in [0.2, 0.25) is 0 Å². The number of hydrogen-bond acceptors (Lipinski definition) is 3. The second kappa shape index (κ2) is 8.40. The molecule has 2 N–H and O–H groups in total. The topological polar surface area (TPSA) is 82.0 Å². The highest BCUT2D eigenvalue weighted by atomic mass is 35.5. The predicted octanol–water partition coefficient (Wildman–Crippen LogP) is 3.09. The molecular formula is C16H20ClN3O2. The van der Waals surface area contributed by atoms with Crippen LogP contribution in [0.3, 0.4) is 0 Å². The summed E-state index contributed by atoms with van der Waals surface area (Å²) >= 11 is 5.87. The van der Waals surface area contributed by atoms with Crippen LogP contribution in [0.4, 0.5) is 5.69 Å². The van der Waals surface area contributed by atoms with Crippen molar-refractivity contribution in [2.24, 2.45) is 5.92 Å². The number of benzene rings is 1. The van der Waals surface area contributed by atoms with E-state index in [0.717, 1.165) is 12.8 Å². The third-order valence-electron chi connectivity index (χ3n) is 3.11. The monoisotopic (exact) mass is 321 g/mol. The summed E-state index contributed by atoms with van der Waals surface area (Å²) < 4.78 is 0. The first-order chi connectivity index (χ1) is 10.3. The molecule has 22 heavy (non-hydrogen) atoms. The molecule has 6 heteroatoms.